The van der Waals surface area contributed by atoms with Gasteiger partial charge in [-0.05, 0) is 86.3 Å². The summed E-state index contributed by atoms with van der Waals surface area (Å²) in [5.74, 6) is -1.71. The zero-order chi connectivity index (χ0) is 28.5. The minimum atomic E-state index is -1.08. The first-order valence-electron chi connectivity index (χ1n) is 12.2. The SMILES string of the molecule is CC(=O)[O-].CC(=O)[O-].CCCc1ccc(O)c(C=Nc2ccc(N=Cc3cc(CCC)ccc3O)cc2)c1.[Co+2]. The van der Waals surface area contributed by atoms with Gasteiger partial charge in [0.25, 0.3) is 0 Å². The molecule has 3 aromatic carbocycles. The van der Waals surface area contributed by atoms with Crippen LogP contribution in [0.2, 0.25) is 0 Å². The number of aliphatic carboxylic acids is 2. The second-order valence-electron chi connectivity index (χ2n) is 8.30. The minimum Gasteiger partial charge on any atom is -0.550 e. The molecule has 9 heteroatoms. The van der Waals surface area contributed by atoms with Crippen LogP contribution < -0.4 is 10.2 Å². The predicted octanol–water partition coefficient (Wildman–Crippen LogP) is 4.01. The van der Waals surface area contributed by atoms with Gasteiger partial charge in [0.05, 0.1) is 11.4 Å². The molecule has 0 aliphatic rings. The van der Waals surface area contributed by atoms with Crippen molar-refractivity contribution in [1.29, 1.82) is 0 Å². The monoisotopic (exact) mass is 577 g/mol. The van der Waals surface area contributed by atoms with Crippen LogP contribution in [0.15, 0.2) is 70.6 Å². The Morgan fingerprint density at radius 1 is 0.692 bits per heavy atom. The van der Waals surface area contributed by atoms with Crippen molar-refractivity contribution < 1.29 is 46.8 Å². The van der Waals surface area contributed by atoms with Crippen LogP contribution >= 0.6 is 0 Å². The van der Waals surface area contributed by atoms with Gasteiger partial charge in [-0.15, -0.1) is 0 Å². The molecular weight excluding hydrogens is 543 g/mol. The maximum atomic E-state index is 10.0. The first-order chi connectivity index (χ1) is 18.0. The molecule has 0 fully saturated rings. The maximum Gasteiger partial charge on any atom is 2.00 e. The van der Waals surface area contributed by atoms with E-state index in [-0.39, 0.29) is 28.3 Å². The van der Waals surface area contributed by atoms with Gasteiger partial charge in [-0.25, -0.2) is 0 Å². The molecule has 2 N–H and O–H groups in total. The number of aromatic hydroxyl groups is 2. The zero-order valence-corrected chi connectivity index (χ0v) is 23.6. The summed E-state index contributed by atoms with van der Waals surface area (Å²) in [6.45, 7) is 6.21. The molecule has 3 rings (SSSR count). The fourth-order valence-electron chi connectivity index (χ4n) is 3.22. The fourth-order valence-corrected chi connectivity index (χ4v) is 3.22. The Morgan fingerprint density at radius 3 is 1.28 bits per heavy atom. The van der Waals surface area contributed by atoms with Gasteiger partial charge >= 0.3 is 16.8 Å². The molecule has 0 aliphatic heterocycles. The smallest absolute Gasteiger partial charge is 0.550 e. The normalized spacial score (nSPS) is 10.2. The van der Waals surface area contributed by atoms with Crippen LogP contribution in [0.5, 0.6) is 11.5 Å². The largest absolute Gasteiger partial charge is 2.00 e. The van der Waals surface area contributed by atoms with E-state index in [1.165, 1.54) is 11.1 Å². The molecule has 0 atom stereocenters. The van der Waals surface area contributed by atoms with Gasteiger partial charge in [0, 0.05) is 35.5 Å². The zero-order valence-electron chi connectivity index (χ0n) is 22.5. The van der Waals surface area contributed by atoms with Crippen molar-refractivity contribution in [3.05, 3.63) is 82.9 Å². The average molecular weight is 578 g/mol. The van der Waals surface area contributed by atoms with E-state index in [1.54, 1.807) is 24.6 Å². The van der Waals surface area contributed by atoms with E-state index < -0.39 is 11.9 Å². The molecule has 0 amide bonds. The molecule has 3 aromatic rings. The average Bonchev–Trinajstić information content (AvgIpc) is 2.85. The number of carboxylic acids is 2. The van der Waals surface area contributed by atoms with Crippen molar-refractivity contribution >= 4 is 35.7 Å². The first kappa shape index (κ1) is 35.0. The van der Waals surface area contributed by atoms with Crippen LogP contribution in [0.4, 0.5) is 11.4 Å². The number of benzene rings is 3. The molecule has 0 aromatic heterocycles. The quantitative estimate of drug-likeness (QED) is 0.387. The number of hydrogen-bond acceptors (Lipinski definition) is 8. The third-order valence-corrected chi connectivity index (χ3v) is 4.82. The summed E-state index contributed by atoms with van der Waals surface area (Å²) in [7, 11) is 0. The van der Waals surface area contributed by atoms with E-state index in [9.17, 15) is 10.2 Å². The Hall–Kier alpha value is -3.95. The van der Waals surface area contributed by atoms with Gasteiger partial charge in [0.15, 0.2) is 0 Å². The third-order valence-electron chi connectivity index (χ3n) is 4.82. The molecule has 0 spiro atoms. The number of aryl methyl sites for hydroxylation is 2. The van der Waals surface area contributed by atoms with Crippen LogP contribution in [0.25, 0.3) is 0 Å². The molecule has 39 heavy (non-hydrogen) atoms. The Labute approximate surface area is 240 Å². The van der Waals surface area contributed by atoms with E-state index in [4.69, 9.17) is 19.8 Å². The van der Waals surface area contributed by atoms with Gasteiger partial charge < -0.3 is 30.0 Å². The van der Waals surface area contributed by atoms with Crippen molar-refractivity contribution in [1.82, 2.24) is 0 Å². The molecule has 0 heterocycles. The molecule has 0 aliphatic carbocycles. The number of phenolic OH excluding ortho intramolecular Hbond substituents is 2. The van der Waals surface area contributed by atoms with E-state index >= 15 is 0 Å². The van der Waals surface area contributed by atoms with Crippen molar-refractivity contribution in [3.8, 4) is 11.5 Å². The molecule has 1 radical (unpaired) electrons. The molecule has 0 bridgehead atoms. The van der Waals surface area contributed by atoms with Crippen molar-refractivity contribution in [3.63, 3.8) is 0 Å². The van der Waals surface area contributed by atoms with Crippen LogP contribution in [-0.4, -0.2) is 34.6 Å². The topological polar surface area (TPSA) is 145 Å². The summed E-state index contributed by atoms with van der Waals surface area (Å²) in [5, 5.41) is 37.9. The van der Waals surface area contributed by atoms with Crippen LogP contribution in [0, 0.1) is 0 Å². The maximum absolute atomic E-state index is 10.0. The van der Waals surface area contributed by atoms with Gasteiger partial charge in [-0.1, -0.05) is 38.8 Å². The second-order valence-corrected chi connectivity index (χ2v) is 8.30. The molecule has 0 unspecified atom stereocenters. The number of hydrogen-bond donors (Lipinski definition) is 2. The first-order valence-corrected chi connectivity index (χ1v) is 12.2. The Kier molecular flexibility index (Phi) is 17.2. The van der Waals surface area contributed by atoms with Crippen molar-refractivity contribution in [2.75, 3.05) is 0 Å². The number of phenols is 2. The van der Waals surface area contributed by atoms with Crippen LogP contribution in [0.3, 0.4) is 0 Å². The van der Waals surface area contributed by atoms with E-state index in [0.717, 1.165) is 50.9 Å². The number of nitrogens with zero attached hydrogens (tertiary/aromatic N) is 2. The standard InChI is InChI=1S/C26H28N2O2.2C2H4O2.Co/c1-3-5-19-7-13-25(29)21(15-19)17-27-23-9-11-24(12-10-23)28-18-22-16-20(6-4-2)8-14-26(22)30;2*1-2(3)4;/h7-18,29-30H,3-6H2,1-2H3;2*1H3,(H,3,4);/q;;;+2/p-2. The van der Waals surface area contributed by atoms with Crippen molar-refractivity contribution in [2.24, 2.45) is 9.98 Å². The minimum absolute atomic E-state index is 0. The molecule has 8 nitrogen and oxygen atoms in total. The summed E-state index contributed by atoms with van der Waals surface area (Å²) in [6, 6.07) is 18.8. The van der Waals surface area contributed by atoms with Gasteiger partial charge in [-0.3, -0.25) is 9.98 Å². The number of carbonyl (C=O) groups excluding carboxylic acids is 2. The van der Waals surface area contributed by atoms with Crippen molar-refractivity contribution in [2.45, 2.75) is 53.4 Å². The van der Waals surface area contributed by atoms with E-state index in [1.807, 2.05) is 48.5 Å². The summed E-state index contributed by atoms with van der Waals surface area (Å²) < 4.78 is 0. The molecule has 209 valence electrons. The number of rotatable bonds is 8. The molecule has 0 saturated heterocycles. The van der Waals surface area contributed by atoms with Gasteiger partial charge in [0.1, 0.15) is 11.5 Å². The fraction of sp³-hybridized carbons (Fsp3) is 0.267. The summed E-state index contributed by atoms with van der Waals surface area (Å²) in [5.41, 5.74) is 5.36. The Morgan fingerprint density at radius 2 is 1.00 bits per heavy atom. The summed E-state index contributed by atoms with van der Waals surface area (Å²) in [4.78, 5) is 26.7. The van der Waals surface area contributed by atoms with E-state index in [0.29, 0.717) is 11.1 Å². The van der Waals surface area contributed by atoms with Gasteiger partial charge in [-0.2, -0.15) is 0 Å². The van der Waals surface area contributed by atoms with Crippen LogP contribution in [0.1, 0.15) is 62.8 Å². The second kappa shape index (κ2) is 19.2. The number of carbonyl (C=O) groups is 2. The van der Waals surface area contributed by atoms with Crippen LogP contribution in [-0.2, 0) is 39.2 Å². The predicted molar refractivity (Wildman–Crippen MR) is 147 cm³/mol. The Bertz CT molecular complexity index is 1140. The third kappa shape index (κ3) is 15.1. The number of carboxylic acid groups (broad SMARTS) is 2. The summed E-state index contributed by atoms with van der Waals surface area (Å²) >= 11 is 0. The molecular formula is C30H34CoN2O6. The molecule has 0 saturated carbocycles. The van der Waals surface area contributed by atoms with Gasteiger partial charge in [0.2, 0.25) is 0 Å². The van der Waals surface area contributed by atoms with E-state index in [2.05, 4.69) is 23.8 Å². The summed E-state index contributed by atoms with van der Waals surface area (Å²) in [6.07, 6.45) is 7.44. The Balaban J connectivity index is 0.00000142. The number of aliphatic imine (C=N–C) groups is 2.